The summed E-state index contributed by atoms with van der Waals surface area (Å²) in [5.41, 5.74) is 7.20. The fourth-order valence-corrected chi connectivity index (χ4v) is 4.43. The summed E-state index contributed by atoms with van der Waals surface area (Å²) in [4.78, 5) is 12.5. The molecule has 0 aliphatic rings. The molecule has 1 N–H and O–H groups in total. The zero-order valence-corrected chi connectivity index (χ0v) is 21.7. The van der Waals surface area contributed by atoms with E-state index in [2.05, 4.69) is 36.7 Å². The highest BCUT2D eigenvalue weighted by atomic mass is 79.9. The van der Waals surface area contributed by atoms with Gasteiger partial charge in [-0.1, -0.05) is 69.1 Å². The molecule has 4 aromatic rings. The van der Waals surface area contributed by atoms with Crippen LogP contribution in [0.4, 0.5) is 0 Å². The number of aryl methyl sites for hydroxylation is 1. The van der Waals surface area contributed by atoms with Crippen LogP contribution in [0.2, 0.25) is 5.02 Å². The highest BCUT2D eigenvalue weighted by Gasteiger charge is 2.17. The van der Waals surface area contributed by atoms with Gasteiger partial charge in [-0.3, -0.25) is 9.36 Å². The van der Waals surface area contributed by atoms with Crippen LogP contribution in [0.1, 0.15) is 18.1 Å². The summed E-state index contributed by atoms with van der Waals surface area (Å²) in [6.07, 6.45) is 0. The Morgan fingerprint density at radius 1 is 1.09 bits per heavy atom. The summed E-state index contributed by atoms with van der Waals surface area (Å²) >= 11 is 10.8. The number of hydrogen-bond donors (Lipinski definition) is 1. The molecule has 1 aromatic heterocycles. The molecule has 0 radical (unpaired) electrons. The Kier molecular flexibility index (Phi) is 7.82. The number of carbonyl (C=O) groups excluding carboxylic acids is 1. The first-order chi connectivity index (χ1) is 16.4. The molecule has 34 heavy (non-hydrogen) atoms. The number of aromatic nitrogens is 3. The minimum atomic E-state index is -0.231. The lowest BCUT2D eigenvalue weighted by Crippen LogP contribution is -2.21. The second-order valence-corrected chi connectivity index (χ2v) is 9.81. The second kappa shape index (κ2) is 11.0. The number of carbonyl (C=O) groups is 1. The van der Waals surface area contributed by atoms with Crippen molar-refractivity contribution in [3.05, 3.63) is 93.4 Å². The van der Waals surface area contributed by atoms with Crippen LogP contribution < -0.4 is 5.43 Å². The molecule has 0 aliphatic carbocycles. The first kappa shape index (κ1) is 24.2. The molecular formula is C25H21BrClN5OS. The number of hydrazone groups is 1. The van der Waals surface area contributed by atoms with Gasteiger partial charge >= 0.3 is 0 Å². The van der Waals surface area contributed by atoms with Gasteiger partial charge in [-0.15, -0.1) is 10.2 Å². The van der Waals surface area contributed by atoms with E-state index in [9.17, 15) is 4.79 Å². The van der Waals surface area contributed by atoms with E-state index in [0.717, 1.165) is 26.9 Å². The molecule has 1 amide bonds. The van der Waals surface area contributed by atoms with Crippen LogP contribution in [0.5, 0.6) is 0 Å². The topological polar surface area (TPSA) is 72.2 Å². The lowest BCUT2D eigenvalue weighted by Gasteiger charge is -2.11. The quantitative estimate of drug-likeness (QED) is 0.166. The van der Waals surface area contributed by atoms with Crippen LogP contribution in [0.25, 0.3) is 17.1 Å². The van der Waals surface area contributed by atoms with Crippen LogP contribution in [0, 0.1) is 6.92 Å². The third-order valence-corrected chi connectivity index (χ3v) is 6.63. The molecule has 172 valence electrons. The first-order valence-electron chi connectivity index (χ1n) is 10.4. The van der Waals surface area contributed by atoms with E-state index in [1.807, 2.05) is 91.2 Å². The largest absolute Gasteiger partial charge is 0.272 e. The van der Waals surface area contributed by atoms with Gasteiger partial charge in [-0.2, -0.15) is 5.10 Å². The maximum Gasteiger partial charge on any atom is 0.250 e. The Morgan fingerprint density at radius 2 is 1.82 bits per heavy atom. The van der Waals surface area contributed by atoms with E-state index in [1.165, 1.54) is 11.8 Å². The van der Waals surface area contributed by atoms with E-state index < -0.39 is 0 Å². The lowest BCUT2D eigenvalue weighted by atomic mass is 10.1. The lowest BCUT2D eigenvalue weighted by molar-refractivity contribution is -0.118. The number of nitrogens with one attached hydrogen (secondary N) is 1. The number of hydrogen-bond acceptors (Lipinski definition) is 5. The molecule has 0 aliphatic heterocycles. The van der Waals surface area contributed by atoms with Crippen molar-refractivity contribution in [2.24, 2.45) is 5.10 Å². The highest BCUT2D eigenvalue weighted by molar-refractivity contribution is 9.10. The third-order valence-electron chi connectivity index (χ3n) is 4.95. The predicted octanol–water partition coefficient (Wildman–Crippen LogP) is 6.29. The van der Waals surface area contributed by atoms with Crippen LogP contribution >= 0.6 is 39.3 Å². The van der Waals surface area contributed by atoms with Crippen molar-refractivity contribution in [2.45, 2.75) is 19.0 Å². The van der Waals surface area contributed by atoms with Gasteiger partial charge in [0.2, 0.25) is 0 Å². The molecule has 6 nitrogen and oxygen atoms in total. The van der Waals surface area contributed by atoms with Crippen LogP contribution in [-0.4, -0.2) is 32.1 Å². The molecule has 0 atom stereocenters. The Bertz CT molecular complexity index is 1340. The van der Waals surface area contributed by atoms with E-state index in [4.69, 9.17) is 11.6 Å². The number of thioether (sulfide) groups is 1. The Morgan fingerprint density at radius 3 is 2.53 bits per heavy atom. The number of nitrogens with zero attached hydrogens (tertiary/aromatic N) is 4. The summed E-state index contributed by atoms with van der Waals surface area (Å²) in [5, 5.41) is 14.2. The average Bonchev–Trinajstić information content (AvgIpc) is 3.26. The van der Waals surface area contributed by atoms with Crippen LogP contribution in [0.3, 0.4) is 0 Å². The Labute approximate surface area is 215 Å². The molecule has 1 heterocycles. The van der Waals surface area contributed by atoms with Gasteiger partial charge in [0.1, 0.15) is 0 Å². The molecule has 9 heteroatoms. The van der Waals surface area contributed by atoms with Crippen molar-refractivity contribution in [3.63, 3.8) is 0 Å². The van der Waals surface area contributed by atoms with Gasteiger partial charge < -0.3 is 0 Å². The van der Waals surface area contributed by atoms with Gasteiger partial charge in [0.15, 0.2) is 11.0 Å². The molecule has 4 rings (SSSR count). The summed E-state index contributed by atoms with van der Waals surface area (Å²) in [5.74, 6) is 0.581. The van der Waals surface area contributed by atoms with Gasteiger partial charge in [-0.05, 0) is 67.9 Å². The maximum atomic E-state index is 12.5. The third kappa shape index (κ3) is 5.94. The van der Waals surface area contributed by atoms with E-state index in [0.29, 0.717) is 21.7 Å². The summed E-state index contributed by atoms with van der Waals surface area (Å²) < 4.78 is 2.89. The number of amides is 1. The second-order valence-electron chi connectivity index (χ2n) is 7.52. The van der Waals surface area contributed by atoms with Crippen molar-refractivity contribution in [1.29, 1.82) is 0 Å². The number of benzene rings is 3. The van der Waals surface area contributed by atoms with Crippen molar-refractivity contribution in [2.75, 3.05) is 5.75 Å². The molecule has 0 saturated carbocycles. The fraction of sp³-hybridized carbons (Fsp3) is 0.120. The standard InChI is InChI=1S/C25H21BrClN5OS/c1-16-6-12-22(13-7-16)32-24(18-8-10-21(27)11-9-18)30-31-25(32)34-15-23(33)29-28-17(2)19-4-3-5-20(26)14-19/h3-14H,15H2,1-2H3,(H,29,33). The average molecular weight is 555 g/mol. The van der Waals surface area contributed by atoms with Gasteiger partial charge in [0.25, 0.3) is 5.91 Å². The molecule has 0 bridgehead atoms. The number of rotatable bonds is 7. The summed E-state index contributed by atoms with van der Waals surface area (Å²) in [7, 11) is 0. The van der Waals surface area contributed by atoms with Crippen molar-refractivity contribution < 1.29 is 4.79 Å². The molecule has 0 spiro atoms. The van der Waals surface area contributed by atoms with Gasteiger partial charge in [0.05, 0.1) is 11.5 Å². The summed E-state index contributed by atoms with van der Waals surface area (Å²) in [6.45, 7) is 3.88. The fourth-order valence-electron chi connectivity index (χ4n) is 3.16. The van der Waals surface area contributed by atoms with Crippen LogP contribution in [-0.2, 0) is 4.79 Å². The van der Waals surface area contributed by atoms with Gasteiger partial charge in [-0.25, -0.2) is 5.43 Å². The van der Waals surface area contributed by atoms with Crippen molar-refractivity contribution >= 4 is 50.9 Å². The molecule has 0 saturated heterocycles. The zero-order chi connectivity index (χ0) is 24.1. The molecular weight excluding hydrogens is 534 g/mol. The monoisotopic (exact) mass is 553 g/mol. The summed E-state index contributed by atoms with van der Waals surface area (Å²) in [6, 6.07) is 23.3. The normalized spacial score (nSPS) is 11.5. The van der Waals surface area contributed by atoms with E-state index in [1.54, 1.807) is 0 Å². The SMILES string of the molecule is CC(=NNC(=O)CSc1nnc(-c2ccc(Cl)cc2)n1-c1ccc(C)cc1)c1cccc(Br)c1. The van der Waals surface area contributed by atoms with Crippen LogP contribution in [0.15, 0.2) is 87.5 Å². The molecule has 0 unspecified atom stereocenters. The minimum Gasteiger partial charge on any atom is -0.272 e. The molecule has 3 aromatic carbocycles. The Hall–Kier alpha value is -2.94. The Balaban J connectivity index is 1.53. The van der Waals surface area contributed by atoms with Gasteiger partial charge in [0, 0.05) is 20.7 Å². The first-order valence-corrected chi connectivity index (χ1v) is 12.6. The zero-order valence-electron chi connectivity index (χ0n) is 18.5. The van der Waals surface area contributed by atoms with Crippen molar-refractivity contribution in [1.82, 2.24) is 20.2 Å². The van der Waals surface area contributed by atoms with Crippen molar-refractivity contribution in [3.8, 4) is 17.1 Å². The predicted molar refractivity (Wildman–Crippen MR) is 142 cm³/mol. The van der Waals surface area contributed by atoms with E-state index in [-0.39, 0.29) is 11.7 Å². The van der Waals surface area contributed by atoms with E-state index >= 15 is 0 Å². The molecule has 0 fully saturated rings. The minimum absolute atomic E-state index is 0.139. The smallest absolute Gasteiger partial charge is 0.250 e. The number of halogens is 2. The maximum absolute atomic E-state index is 12.5. The highest BCUT2D eigenvalue weighted by Crippen LogP contribution is 2.29.